The van der Waals surface area contributed by atoms with Crippen molar-refractivity contribution < 1.29 is 17.3 Å². The first kappa shape index (κ1) is 24.3. The third kappa shape index (κ3) is 5.13. The van der Waals surface area contributed by atoms with Crippen LogP contribution in [0.15, 0.2) is 50.3 Å². The molecule has 3 heterocycles. The lowest BCUT2D eigenvalue weighted by Gasteiger charge is -2.35. The fraction of sp³-hybridized carbons (Fsp3) is 0.391. The van der Waals surface area contributed by atoms with E-state index in [1.807, 2.05) is 30.3 Å². The molecule has 1 fully saturated rings. The van der Waals surface area contributed by atoms with E-state index >= 15 is 0 Å². The van der Waals surface area contributed by atoms with Gasteiger partial charge in [-0.05, 0) is 55.8 Å². The molecule has 0 radical (unpaired) electrons. The first-order valence-corrected chi connectivity index (χ1v) is 12.8. The van der Waals surface area contributed by atoms with Gasteiger partial charge < -0.3 is 14.2 Å². The third-order valence-electron chi connectivity index (χ3n) is 5.80. The number of halogens is 1. The lowest BCUT2D eigenvalue weighted by atomic mass is 10.0. The van der Waals surface area contributed by atoms with Gasteiger partial charge >= 0.3 is 0 Å². The number of anilines is 1. The summed E-state index contributed by atoms with van der Waals surface area (Å²) in [7, 11) is -0.910. The maximum absolute atomic E-state index is 12.3. The number of sulfonamides is 1. The smallest absolute Gasteiger partial charge is 0.275 e. The van der Waals surface area contributed by atoms with Crippen LogP contribution in [0, 0.1) is 11.3 Å². The molecule has 0 bridgehead atoms. The number of aromatic nitrogens is 1. The molecule has 0 saturated carbocycles. The summed E-state index contributed by atoms with van der Waals surface area (Å²) >= 11 is 6.09. The molecule has 1 atom stereocenters. The van der Waals surface area contributed by atoms with Crippen LogP contribution >= 0.6 is 11.6 Å². The molecule has 1 aromatic carbocycles. The molecule has 1 aliphatic rings. The number of likely N-dealkylation sites (tertiary alicyclic amines) is 1. The molecule has 0 aliphatic carbocycles. The molecule has 1 N–H and O–H groups in total. The van der Waals surface area contributed by atoms with Crippen molar-refractivity contribution in [3.8, 4) is 17.7 Å². The number of furan rings is 1. The highest BCUT2D eigenvalue weighted by Gasteiger charge is 2.26. The van der Waals surface area contributed by atoms with Crippen LogP contribution in [-0.4, -0.2) is 56.3 Å². The Morgan fingerprint density at radius 1 is 1.15 bits per heavy atom. The van der Waals surface area contributed by atoms with Crippen molar-refractivity contribution in [2.45, 2.75) is 30.4 Å². The van der Waals surface area contributed by atoms with Crippen LogP contribution in [-0.2, 0) is 10.0 Å². The van der Waals surface area contributed by atoms with Gasteiger partial charge in [0, 0.05) is 25.7 Å². The van der Waals surface area contributed by atoms with Crippen LogP contribution in [0.25, 0.3) is 11.7 Å². The van der Waals surface area contributed by atoms with E-state index in [1.165, 1.54) is 32.6 Å². The topological polar surface area (TPSA) is 116 Å². The van der Waals surface area contributed by atoms with E-state index in [9.17, 15) is 13.7 Å². The fourth-order valence-corrected chi connectivity index (χ4v) is 4.86. The molecular weight excluding hydrogens is 478 g/mol. The number of hydrogen-bond donors (Lipinski definition) is 1. The van der Waals surface area contributed by atoms with Gasteiger partial charge in [-0.2, -0.15) is 10.2 Å². The SMILES string of the molecule is CN(C)S(=O)(=O)c1ccc(-c2nc(C#N)c(NCC(c3ccc(Cl)cc3)N3CCCCC3)o2)o1. The van der Waals surface area contributed by atoms with E-state index < -0.39 is 10.0 Å². The lowest BCUT2D eigenvalue weighted by Crippen LogP contribution is -2.37. The van der Waals surface area contributed by atoms with Crippen LogP contribution in [0.2, 0.25) is 5.02 Å². The highest BCUT2D eigenvalue weighted by Crippen LogP contribution is 2.31. The predicted octanol–water partition coefficient (Wildman–Crippen LogP) is 4.35. The Morgan fingerprint density at radius 2 is 1.85 bits per heavy atom. The minimum absolute atomic E-state index is 0.0280. The number of oxazole rings is 1. The molecule has 1 unspecified atom stereocenters. The minimum atomic E-state index is -3.74. The number of hydrogen-bond acceptors (Lipinski definition) is 8. The van der Waals surface area contributed by atoms with Gasteiger partial charge in [0.1, 0.15) is 6.07 Å². The van der Waals surface area contributed by atoms with Crippen molar-refractivity contribution in [3.05, 3.63) is 52.7 Å². The van der Waals surface area contributed by atoms with Crippen LogP contribution in [0.1, 0.15) is 36.6 Å². The number of benzene rings is 1. The normalized spacial score (nSPS) is 15.9. The van der Waals surface area contributed by atoms with Gasteiger partial charge in [0.2, 0.25) is 16.7 Å². The molecule has 0 spiro atoms. The largest absolute Gasteiger partial charge is 0.438 e. The van der Waals surface area contributed by atoms with Crippen LogP contribution < -0.4 is 5.32 Å². The van der Waals surface area contributed by atoms with Crippen molar-refractivity contribution in [2.24, 2.45) is 0 Å². The molecule has 4 rings (SSSR count). The Labute approximate surface area is 204 Å². The standard InChI is InChI=1S/C23H26ClN5O4S/c1-28(2)34(30,31)21-11-10-20(32-21)23-27-18(14-25)22(33-23)26-15-19(29-12-4-3-5-13-29)16-6-8-17(24)9-7-16/h6-11,19,26H,3-5,12-13,15H2,1-2H3. The number of piperidine rings is 1. The van der Waals surface area contributed by atoms with Gasteiger partial charge in [-0.1, -0.05) is 30.2 Å². The summed E-state index contributed by atoms with van der Waals surface area (Å²) in [4.78, 5) is 6.60. The van der Waals surface area contributed by atoms with Crippen molar-refractivity contribution in [2.75, 3.05) is 39.0 Å². The quantitative estimate of drug-likeness (QED) is 0.482. The summed E-state index contributed by atoms with van der Waals surface area (Å²) in [6.45, 7) is 2.46. The second kappa shape index (κ2) is 10.2. The monoisotopic (exact) mass is 503 g/mol. The Bertz CT molecular complexity index is 1270. The third-order valence-corrected chi connectivity index (χ3v) is 7.74. The molecule has 3 aromatic rings. The van der Waals surface area contributed by atoms with Gasteiger partial charge in [0.05, 0.1) is 6.04 Å². The van der Waals surface area contributed by atoms with Gasteiger partial charge in [0.25, 0.3) is 15.9 Å². The van der Waals surface area contributed by atoms with Gasteiger partial charge in [-0.25, -0.2) is 12.7 Å². The van der Waals surface area contributed by atoms with E-state index in [-0.39, 0.29) is 34.4 Å². The van der Waals surface area contributed by atoms with E-state index in [0.29, 0.717) is 11.6 Å². The molecule has 180 valence electrons. The lowest BCUT2D eigenvalue weighted by molar-refractivity contribution is 0.170. The zero-order valence-corrected chi connectivity index (χ0v) is 20.6. The highest BCUT2D eigenvalue weighted by atomic mass is 35.5. The van der Waals surface area contributed by atoms with Crippen LogP contribution in [0.5, 0.6) is 0 Å². The Balaban J connectivity index is 1.57. The zero-order chi connectivity index (χ0) is 24.3. The molecule has 11 heteroatoms. The second-order valence-electron chi connectivity index (χ2n) is 8.26. The van der Waals surface area contributed by atoms with Gasteiger partial charge in [-0.3, -0.25) is 4.90 Å². The average molecular weight is 504 g/mol. The summed E-state index contributed by atoms with van der Waals surface area (Å²) in [5.41, 5.74) is 1.18. The predicted molar refractivity (Wildman–Crippen MR) is 128 cm³/mol. The summed E-state index contributed by atoms with van der Waals surface area (Å²) < 4.78 is 36.9. The molecule has 9 nitrogen and oxygen atoms in total. The Kier molecular flexibility index (Phi) is 7.28. The first-order chi connectivity index (χ1) is 16.3. The first-order valence-electron chi connectivity index (χ1n) is 11.0. The summed E-state index contributed by atoms with van der Waals surface area (Å²) in [6, 6.07) is 12.6. The van der Waals surface area contributed by atoms with E-state index in [1.54, 1.807) is 0 Å². The zero-order valence-electron chi connectivity index (χ0n) is 19.0. The number of nitrogens with zero attached hydrogens (tertiary/aromatic N) is 4. The summed E-state index contributed by atoms with van der Waals surface area (Å²) in [6.07, 6.45) is 3.49. The average Bonchev–Trinajstić information content (AvgIpc) is 3.48. The van der Waals surface area contributed by atoms with Crippen molar-refractivity contribution >= 4 is 27.5 Å². The second-order valence-corrected chi connectivity index (χ2v) is 10.8. The molecule has 34 heavy (non-hydrogen) atoms. The summed E-state index contributed by atoms with van der Waals surface area (Å²) in [5.74, 6) is 0.359. The Hall–Kier alpha value is -2.84. The van der Waals surface area contributed by atoms with Crippen molar-refractivity contribution in [1.29, 1.82) is 5.26 Å². The molecule has 2 aromatic heterocycles. The van der Waals surface area contributed by atoms with E-state index in [4.69, 9.17) is 20.4 Å². The van der Waals surface area contributed by atoms with Gasteiger partial charge in [0.15, 0.2) is 5.76 Å². The number of rotatable bonds is 8. The van der Waals surface area contributed by atoms with Crippen molar-refractivity contribution in [3.63, 3.8) is 0 Å². The number of nitrogens with one attached hydrogen (secondary N) is 1. The fourth-order valence-electron chi connectivity index (χ4n) is 3.94. The van der Waals surface area contributed by atoms with E-state index in [2.05, 4.69) is 15.2 Å². The molecule has 0 amide bonds. The minimum Gasteiger partial charge on any atom is -0.438 e. The summed E-state index contributed by atoms with van der Waals surface area (Å²) in [5, 5.41) is 13.2. The molecular formula is C23H26ClN5O4S. The van der Waals surface area contributed by atoms with Crippen LogP contribution in [0.3, 0.4) is 0 Å². The molecule has 1 aliphatic heterocycles. The molecule has 1 saturated heterocycles. The Morgan fingerprint density at radius 3 is 2.50 bits per heavy atom. The maximum Gasteiger partial charge on any atom is 0.275 e. The van der Waals surface area contributed by atoms with Crippen LogP contribution in [0.4, 0.5) is 5.88 Å². The maximum atomic E-state index is 12.3. The van der Waals surface area contributed by atoms with E-state index in [0.717, 1.165) is 35.8 Å². The number of nitriles is 1. The van der Waals surface area contributed by atoms with Crippen molar-refractivity contribution in [1.82, 2.24) is 14.2 Å². The highest BCUT2D eigenvalue weighted by molar-refractivity contribution is 7.88. The van der Waals surface area contributed by atoms with Gasteiger partial charge in [-0.15, -0.1) is 0 Å².